The molecule has 0 saturated heterocycles. The Balaban J connectivity index is 1.99. The SMILES string of the molecule is CCOC1CC(CC(=O)NCCC(Cl)CC)C1. The molecule has 100 valence electrons. The summed E-state index contributed by atoms with van der Waals surface area (Å²) >= 11 is 5.98. The highest BCUT2D eigenvalue weighted by molar-refractivity contribution is 6.20. The van der Waals surface area contributed by atoms with Crippen molar-refractivity contribution in [1.82, 2.24) is 5.32 Å². The number of carbonyl (C=O) groups is 1. The number of hydrogen-bond acceptors (Lipinski definition) is 2. The number of carbonyl (C=O) groups excluding carboxylic acids is 1. The van der Waals surface area contributed by atoms with Crippen LogP contribution in [0.1, 0.15) is 46.0 Å². The van der Waals surface area contributed by atoms with E-state index in [4.69, 9.17) is 16.3 Å². The molecule has 1 fully saturated rings. The number of amides is 1. The van der Waals surface area contributed by atoms with Crippen molar-refractivity contribution in [2.45, 2.75) is 57.4 Å². The fourth-order valence-corrected chi connectivity index (χ4v) is 2.23. The maximum Gasteiger partial charge on any atom is 0.220 e. The monoisotopic (exact) mass is 261 g/mol. The van der Waals surface area contributed by atoms with Crippen molar-refractivity contribution in [3.8, 4) is 0 Å². The number of alkyl halides is 1. The maximum absolute atomic E-state index is 11.6. The summed E-state index contributed by atoms with van der Waals surface area (Å²) in [5.41, 5.74) is 0. The van der Waals surface area contributed by atoms with E-state index >= 15 is 0 Å². The van der Waals surface area contributed by atoms with Crippen molar-refractivity contribution < 1.29 is 9.53 Å². The lowest BCUT2D eigenvalue weighted by molar-refractivity contribution is -0.124. The highest BCUT2D eigenvalue weighted by atomic mass is 35.5. The number of hydrogen-bond donors (Lipinski definition) is 1. The maximum atomic E-state index is 11.6. The van der Waals surface area contributed by atoms with Crippen LogP contribution < -0.4 is 5.32 Å². The molecule has 1 unspecified atom stereocenters. The highest BCUT2D eigenvalue weighted by Gasteiger charge is 2.30. The van der Waals surface area contributed by atoms with Crippen LogP contribution in [-0.2, 0) is 9.53 Å². The van der Waals surface area contributed by atoms with E-state index in [0.717, 1.165) is 32.3 Å². The molecule has 0 spiro atoms. The fraction of sp³-hybridized carbons (Fsp3) is 0.923. The summed E-state index contributed by atoms with van der Waals surface area (Å²) in [5, 5.41) is 3.11. The van der Waals surface area contributed by atoms with Crippen LogP contribution in [0.2, 0.25) is 0 Å². The summed E-state index contributed by atoms with van der Waals surface area (Å²) in [5.74, 6) is 0.675. The third-order valence-corrected chi connectivity index (χ3v) is 3.82. The van der Waals surface area contributed by atoms with Crippen LogP contribution in [0.3, 0.4) is 0 Å². The topological polar surface area (TPSA) is 38.3 Å². The van der Waals surface area contributed by atoms with Crippen LogP contribution in [0.4, 0.5) is 0 Å². The molecule has 1 aliphatic rings. The molecule has 0 aromatic carbocycles. The molecule has 0 radical (unpaired) electrons. The van der Waals surface area contributed by atoms with Crippen molar-refractivity contribution in [2.24, 2.45) is 5.92 Å². The average Bonchev–Trinajstić information content (AvgIpc) is 2.26. The molecule has 0 aromatic heterocycles. The van der Waals surface area contributed by atoms with Crippen LogP contribution in [0.5, 0.6) is 0 Å². The quantitative estimate of drug-likeness (QED) is 0.683. The van der Waals surface area contributed by atoms with Crippen LogP contribution in [0.25, 0.3) is 0 Å². The molecule has 1 amide bonds. The standard InChI is InChI=1S/C13H24ClNO2/c1-3-11(14)5-6-15-13(16)9-10-7-12(8-10)17-4-2/h10-12H,3-9H2,1-2H3,(H,15,16). The smallest absolute Gasteiger partial charge is 0.220 e. The van der Waals surface area contributed by atoms with E-state index in [1.165, 1.54) is 0 Å². The van der Waals surface area contributed by atoms with Gasteiger partial charge in [-0.1, -0.05) is 6.92 Å². The lowest BCUT2D eigenvalue weighted by Crippen LogP contribution is -2.36. The first-order valence-corrected chi connectivity index (χ1v) is 7.11. The van der Waals surface area contributed by atoms with Crippen molar-refractivity contribution in [1.29, 1.82) is 0 Å². The van der Waals surface area contributed by atoms with E-state index in [2.05, 4.69) is 12.2 Å². The Morgan fingerprint density at radius 1 is 1.47 bits per heavy atom. The Hall–Kier alpha value is -0.280. The molecule has 3 nitrogen and oxygen atoms in total. The van der Waals surface area contributed by atoms with E-state index in [1.54, 1.807) is 0 Å². The van der Waals surface area contributed by atoms with Gasteiger partial charge in [0.25, 0.3) is 0 Å². The zero-order valence-electron chi connectivity index (χ0n) is 10.9. The van der Waals surface area contributed by atoms with Crippen LogP contribution in [0, 0.1) is 5.92 Å². The van der Waals surface area contributed by atoms with E-state index in [0.29, 0.717) is 25.0 Å². The van der Waals surface area contributed by atoms with Crippen LogP contribution in [-0.4, -0.2) is 30.5 Å². The van der Waals surface area contributed by atoms with Gasteiger partial charge in [-0.2, -0.15) is 0 Å². The summed E-state index contributed by atoms with van der Waals surface area (Å²) in [6.07, 6.45) is 4.92. The van der Waals surface area contributed by atoms with Crippen molar-refractivity contribution in [3.63, 3.8) is 0 Å². The number of halogens is 1. The van der Waals surface area contributed by atoms with Crippen molar-refractivity contribution >= 4 is 17.5 Å². The summed E-state index contributed by atoms with van der Waals surface area (Å²) in [7, 11) is 0. The van der Waals surface area contributed by atoms with Gasteiger partial charge in [0.15, 0.2) is 0 Å². The molecular formula is C13H24ClNO2. The van der Waals surface area contributed by atoms with Crippen molar-refractivity contribution in [2.75, 3.05) is 13.2 Å². The predicted molar refractivity (Wildman–Crippen MR) is 70.3 cm³/mol. The molecule has 17 heavy (non-hydrogen) atoms. The van der Waals surface area contributed by atoms with Gasteiger partial charge in [-0.3, -0.25) is 4.79 Å². The third-order valence-electron chi connectivity index (χ3n) is 3.29. The summed E-state index contributed by atoms with van der Waals surface area (Å²) in [6.45, 7) is 5.54. The Kier molecular flexibility index (Phi) is 6.90. The molecule has 1 rings (SSSR count). The Bertz CT molecular complexity index is 229. The number of nitrogens with one attached hydrogen (secondary N) is 1. The first-order valence-electron chi connectivity index (χ1n) is 6.68. The van der Waals surface area contributed by atoms with E-state index in [-0.39, 0.29) is 11.3 Å². The molecular weight excluding hydrogens is 238 g/mol. The second-order valence-electron chi connectivity index (χ2n) is 4.76. The van der Waals surface area contributed by atoms with Gasteiger partial charge >= 0.3 is 0 Å². The summed E-state index contributed by atoms with van der Waals surface area (Å²) in [4.78, 5) is 11.6. The molecule has 1 aliphatic carbocycles. The minimum absolute atomic E-state index is 0.157. The van der Waals surface area contributed by atoms with Gasteiger partial charge in [-0.25, -0.2) is 0 Å². The van der Waals surface area contributed by atoms with Gasteiger partial charge in [0, 0.05) is 24.9 Å². The first-order chi connectivity index (χ1) is 8.15. The fourth-order valence-electron chi connectivity index (χ4n) is 2.12. The van der Waals surface area contributed by atoms with E-state index < -0.39 is 0 Å². The zero-order chi connectivity index (χ0) is 12.7. The third kappa shape index (κ3) is 5.73. The molecule has 0 heterocycles. The summed E-state index contributed by atoms with van der Waals surface area (Å²) in [6, 6.07) is 0. The van der Waals surface area contributed by atoms with Gasteiger partial charge in [0.2, 0.25) is 5.91 Å². The molecule has 1 atom stereocenters. The Labute approximate surface area is 109 Å². The van der Waals surface area contributed by atoms with Gasteiger partial charge < -0.3 is 10.1 Å². The lowest BCUT2D eigenvalue weighted by atomic mass is 9.80. The minimum atomic E-state index is 0.157. The molecule has 0 aliphatic heterocycles. The van der Waals surface area contributed by atoms with Gasteiger partial charge in [-0.05, 0) is 38.5 Å². The minimum Gasteiger partial charge on any atom is -0.378 e. The first kappa shape index (κ1) is 14.8. The van der Waals surface area contributed by atoms with Crippen molar-refractivity contribution in [3.05, 3.63) is 0 Å². The molecule has 4 heteroatoms. The zero-order valence-corrected chi connectivity index (χ0v) is 11.6. The normalized spacial score (nSPS) is 25.1. The predicted octanol–water partition coefficient (Wildman–Crippen LogP) is 2.72. The van der Waals surface area contributed by atoms with E-state index in [1.807, 2.05) is 6.92 Å². The highest BCUT2D eigenvalue weighted by Crippen LogP contribution is 2.32. The number of ether oxygens (including phenoxy) is 1. The Morgan fingerprint density at radius 3 is 2.76 bits per heavy atom. The lowest BCUT2D eigenvalue weighted by Gasteiger charge is -2.34. The molecule has 1 saturated carbocycles. The molecule has 0 aromatic rings. The molecule has 0 bridgehead atoms. The number of rotatable bonds is 8. The second-order valence-corrected chi connectivity index (χ2v) is 5.38. The second kappa shape index (κ2) is 7.93. The summed E-state index contributed by atoms with van der Waals surface area (Å²) < 4.78 is 5.47. The van der Waals surface area contributed by atoms with E-state index in [9.17, 15) is 4.79 Å². The Morgan fingerprint density at radius 2 is 2.18 bits per heavy atom. The van der Waals surface area contributed by atoms with Gasteiger partial charge in [0.05, 0.1) is 6.10 Å². The average molecular weight is 262 g/mol. The van der Waals surface area contributed by atoms with Gasteiger partial charge in [-0.15, -0.1) is 11.6 Å². The van der Waals surface area contributed by atoms with Crippen LogP contribution in [0.15, 0.2) is 0 Å². The van der Waals surface area contributed by atoms with Crippen LogP contribution >= 0.6 is 11.6 Å². The molecule has 1 N–H and O–H groups in total. The van der Waals surface area contributed by atoms with Gasteiger partial charge in [0.1, 0.15) is 0 Å². The largest absolute Gasteiger partial charge is 0.378 e.